The molecule has 3 heteroatoms. The van der Waals surface area contributed by atoms with E-state index in [4.69, 9.17) is 0 Å². The van der Waals surface area contributed by atoms with E-state index < -0.39 is 0 Å². The Morgan fingerprint density at radius 3 is 2.65 bits per heavy atom. The molecule has 1 atom stereocenters. The molecule has 108 valence electrons. The third kappa shape index (κ3) is 3.90. The zero-order valence-electron chi connectivity index (χ0n) is 12.9. The lowest BCUT2D eigenvalue weighted by molar-refractivity contribution is 0.533. The summed E-state index contributed by atoms with van der Waals surface area (Å²) < 4.78 is 0. The third-order valence-electron chi connectivity index (χ3n) is 3.42. The van der Waals surface area contributed by atoms with Crippen LogP contribution in [0.15, 0.2) is 24.3 Å². The van der Waals surface area contributed by atoms with Crippen LogP contribution in [0.25, 0.3) is 0 Å². The molecular formula is C17H24N2S. The largest absolute Gasteiger partial charge is 0.309 e. The molecule has 2 aromatic rings. The standard InChI is InChI=1S/C17H24N2S/c1-5-9-18-16(17-13(3)19-14(4)20-17)11-15-8-6-7-12(2)10-15/h6-8,10,16,18H,5,9,11H2,1-4H3. The van der Waals surface area contributed by atoms with Gasteiger partial charge in [0.2, 0.25) is 0 Å². The number of hydrogen-bond donors (Lipinski definition) is 1. The molecule has 2 nitrogen and oxygen atoms in total. The topological polar surface area (TPSA) is 24.9 Å². The van der Waals surface area contributed by atoms with Crippen molar-refractivity contribution in [2.24, 2.45) is 0 Å². The van der Waals surface area contributed by atoms with Crippen LogP contribution in [0.1, 0.15) is 46.1 Å². The fraction of sp³-hybridized carbons (Fsp3) is 0.471. The minimum absolute atomic E-state index is 0.378. The van der Waals surface area contributed by atoms with Crippen LogP contribution in [-0.2, 0) is 6.42 Å². The molecule has 0 aliphatic carbocycles. The van der Waals surface area contributed by atoms with E-state index in [0.717, 1.165) is 24.4 Å². The molecule has 0 aliphatic heterocycles. The average Bonchev–Trinajstić information content (AvgIpc) is 2.73. The number of thiazole rings is 1. The van der Waals surface area contributed by atoms with Crippen LogP contribution in [0.4, 0.5) is 0 Å². The van der Waals surface area contributed by atoms with E-state index in [2.05, 4.69) is 62.3 Å². The number of nitrogens with zero attached hydrogens (tertiary/aromatic N) is 1. The highest BCUT2D eigenvalue weighted by molar-refractivity contribution is 7.11. The van der Waals surface area contributed by atoms with Crippen LogP contribution in [0.3, 0.4) is 0 Å². The zero-order valence-corrected chi connectivity index (χ0v) is 13.7. The maximum Gasteiger partial charge on any atom is 0.0900 e. The van der Waals surface area contributed by atoms with Gasteiger partial charge in [-0.1, -0.05) is 36.8 Å². The summed E-state index contributed by atoms with van der Waals surface area (Å²) in [6.07, 6.45) is 2.19. The Kier molecular flexibility index (Phi) is 5.32. The van der Waals surface area contributed by atoms with Crippen LogP contribution >= 0.6 is 11.3 Å². The minimum Gasteiger partial charge on any atom is -0.309 e. The number of rotatable bonds is 6. The Labute approximate surface area is 126 Å². The predicted octanol–water partition coefficient (Wildman–Crippen LogP) is 4.35. The summed E-state index contributed by atoms with van der Waals surface area (Å²) in [5, 5.41) is 4.84. The molecule has 0 bridgehead atoms. The molecule has 0 saturated heterocycles. The van der Waals surface area contributed by atoms with Crippen LogP contribution in [0.5, 0.6) is 0 Å². The van der Waals surface area contributed by atoms with E-state index >= 15 is 0 Å². The van der Waals surface area contributed by atoms with Crippen molar-refractivity contribution in [3.63, 3.8) is 0 Å². The molecule has 0 aliphatic rings. The second-order valence-electron chi connectivity index (χ2n) is 5.38. The molecule has 1 aromatic carbocycles. The third-order valence-corrected chi connectivity index (χ3v) is 4.61. The summed E-state index contributed by atoms with van der Waals surface area (Å²) in [6.45, 7) is 9.62. The summed E-state index contributed by atoms with van der Waals surface area (Å²) in [5.41, 5.74) is 3.90. The summed E-state index contributed by atoms with van der Waals surface area (Å²) in [5.74, 6) is 0. The first-order chi connectivity index (χ1) is 9.60. The van der Waals surface area contributed by atoms with Crippen LogP contribution in [0.2, 0.25) is 0 Å². The Hall–Kier alpha value is -1.19. The molecule has 0 fully saturated rings. The second-order valence-corrected chi connectivity index (χ2v) is 6.62. The van der Waals surface area contributed by atoms with Gasteiger partial charge in [0, 0.05) is 10.9 Å². The Morgan fingerprint density at radius 1 is 1.25 bits per heavy atom. The van der Waals surface area contributed by atoms with Crippen molar-refractivity contribution in [3.8, 4) is 0 Å². The molecule has 20 heavy (non-hydrogen) atoms. The van der Waals surface area contributed by atoms with Crippen molar-refractivity contribution < 1.29 is 0 Å². The van der Waals surface area contributed by atoms with Crippen molar-refractivity contribution in [2.45, 2.75) is 46.6 Å². The van der Waals surface area contributed by atoms with Gasteiger partial charge in [0.05, 0.1) is 10.7 Å². The Morgan fingerprint density at radius 2 is 2.05 bits per heavy atom. The highest BCUT2D eigenvalue weighted by atomic mass is 32.1. The van der Waals surface area contributed by atoms with E-state index in [1.807, 2.05) is 11.3 Å². The molecule has 1 aromatic heterocycles. The summed E-state index contributed by atoms with van der Waals surface area (Å²) in [6, 6.07) is 9.18. The number of hydrogen-bond acceptors (Lipinski definition) is 3. The highest BCUT2D eigenvalue weighted by Gasteiger charge is 2.17. The first-order valence-corrected chi connectivity index (χ1v) is 8.14. The summed E-state index contributed by atoms with van der Waals surface area (Å²) >= 11 is 1.82. The second kappa shape index (κ2) is 7.00. The normalized spacial score (nSPS) is 12.6. The lowest BCUT2D eigenvalue weighted by Gasteiger charge is -2.18. The van der Waals surface area contributed by atoms with Gasteiger partial charge in [-0.2, -0.15) is 0 Å². The van der Waals surface area contributed by atoms with Crippen LogP contribution in [0, 0.1) is 20.8 Å². The van der Waals surface area contributed by atoms with Gasteiger partial charge >= 0.3 is 0 Å². The van der Waals surface area contributed by atoms with Gasteiger partial charge in [-0.05, 0) is 45.7 Å². The number of nitrogens with one attached hydrogen (secondary N) is 1. The van der Waals surface area contributed by atoms with E-state index in [9.17, 15) is 0 Å². The van der Waals surface area contributed by atoms with Crippen LogP contribution in [-0.4, -0.2) is 11.5 Å². The van der Waals surface area contributed by atoms with E-state index in [0.29, 0.717) is 6.04 Å². The fourth-order valence-corrected chi connectivity index (χ4v) is 3.52. The molecule has 2 rings (SSSR count). The maximum atomic E-state index is 4.58. The monoisotopic (exact) mass is 288 g/mol. The maximum absolute atomic E-state index is 4.58. The SMILES string of the molecule is CCCNC(Cc1cccc(C)c1)c1sc(C)nc1C. The predicted molar refractivity (Wildman–Crippen MR) is 87.5 cm³/mol. The highest BCUT2D eigenvalue weighted by Crippen LogP contribution is 2.27. The fourth-order valence-electron chi connectivity index (χ4n) is 2.52. The Balaban J connectivity index is 2.21. The molecule has 0 amide bonds. The van der Waals surface area contributed by atoms with Gasteiger partial charge in [0.15, 0.2) is 0 Å². The number of aryl methyl sites for hydroxylation is 3. The zero-order chi connectivity index (χ0) is 14.5. The van der Waals surface area contributed by atoms with Crippen molar-refractivity contribution >= 4 is 11.3 Å². The molecule has 0 radical (unpaired) electrons. The van der Waals surface area contributed by atoms with Gasteiger partial charge in [0.1, 0.15) is 0 Å². The molecule has 1 heterocycles. The number of benzene rings is 1. The molecular weight excluding hydrogens is 264 g/mol. The van der Waals surface area contributed by atoms with E-state index in [1.54, 1.807) is 0 Å². The summed E-state index contributed by atoms with van der Waals surface area (Å²) in [7, 11) is 0. The quantitative estimate of drug-likeness (QED) is 0.854. The average molecular weight is 288 g/mol. The lowest BCUT2D eigenvalue weighted by Crippen LogP contribution is -2.24. The number of aromatic nitrogens is 1. The van der Waals surface area contributed by atoms with Crippen molar-refractivity contribution in [1.29, 1.82) is 0 Å². The lowest BCUT2D eigenvalue weighted by atomic mass is 10.0. The van der Waals surface area contributed by atoms with Gasteiger partial charge in [-0.3, -0.25) is 0 Å². The van der Waals surface area contributed by atoms with Crippen molar-refractivity contribution in [1.82, 2.24) is 10.3 Å². The molecule has 1 unspecified atom stereocenters. The van der Waals surface area contributed by atoms with E-state index in [-0.39, 0.29) is 0 Å². The smallest absolute Gasteiger partial charge is 0.0900 e. The van der Waals surface area contributed by atoms with Gasteiger partial charge in [-0.25, -0.2) is 4.98 Å². The van der Waals surface area contributed by atoms with E-state index in [1.165, 1.54) is 21.7 Å². The van der Waals surface area contributed by atoms with Crippen molar-refractivity contribution in [2.75, 3.05) is 6.54 Å². The van der Waals surface area contributed by atoms with Crippen molar-refractivity contribution in [3.05, 3.63) is 51.0 Å². The van der Waals surface area contributed by atoms with Crippen LogP contribution < -0.4 is 5.32 Å². The Bertz CT molecular complexity index is 560. The van der Waals surface area contributed by atoms with Gasteiger partial charge in [-0.15, -0.1) is 11.3 Å². The molecule has 0 spiro atoms. The molecule has 0 saturated carbocycles. The first kappa shape index (κ1) is 15.2. The minimum atomic E-state index is 0.378. The van der Waals surface area contributed by atoms with Gasteiger partial charge < -0.3 is 5.32 Å². The first-order valence-electron chi connectivity index (χ1n) is 7.33. The van der Waals surface area contributed by atoms with Gasteiger partial charge in [0.25, 0.3) is 0 Å². The summed E-state index contributed by atoms with van der Waals surface area (Å²) in [4.78, 5) is 5.96. The molecule has 1 N–H and O–H groups in total.